The summed E-state index contributed by atoms with van der Waals surface area (Å²) in [7, 11) is 0. The molecule has 0 radical (unpaired) electrons. The first-order valence-electron chi connectivity index (χ1n) is 8.96. The summed E-state index contributed by atoms with van der Waals surface area (Å²) in [4.78, 5) is 16.7. The molecule has 28 heavy (non-hydrogen) atoms. The van der Waals surface area contributed by atoms with Crippen LogP contribution in [-0.4, -0.2) is 17.1 Å². The highest BCUT2D eigenvalue weighted by atomic mass is 32.1. The third-order valence-corrected chi connectivity index (χ3v) is 5.09. The molecule has 1 heterocycles. The highest BCUT2D eigenvalue weighted by Gasteiger charge is 2.17. The van der Waals surface area contributed by atoms with Crippen LogP contribution in [0.2, 0.25) is 0 Å². The van der Waals surface area contributed by atoms with Gasteiger partial charge in [-0.25, -0.2) is 9.78 Å². The number of esters is 1. The second-order valence-corrected chi connectivity index (χ2v) is 7.06. The van der Waals surface area contributed by atoms with Crippen molar-refractivity contribution in [3.8, 4) is 22.4 Å². The van der Waals surface area contributed by atoms with E-state index in [4.69, 9.17) is 14.7 Å². The predicted molar refractivity (Wildman–Crippen MR) is 108 cm³/mol. The molecule has 3 rings (SSSR count). The number of thiazole rings is 1. The van der Waals surface area contributed by atoms with E-state index < -0.39 is 12.1 Å². The maximum Gasteiger partial charge on any atom is 0.347 e. The van der Waals surface area contributed by atoms with Gasteiger partial charge in [0.2, 0.25) is 0 Å². The van der Waals surface area contributed by atoms with Crippen molar-refractivity contribution in [2.75, 3.05) is 0 Å². The molecule has 0 aliphatic carbocycles. The maximum atomic E-state index is 12.2. The Balaban J connectivity index is 1.53. The maximum absolute atomic E-state index is 12.2. The van der Waals surface area contributed by atoms with Crippen molar-refractivity contribution < 1.29 is 14.3 Å². The van der Waals surface area contributed by atoms with E-state index in [9.17, 15) is 4.79 Å². The van der Waals surface area contributed by atoms with Crippen molar-refractivity contribution in [2.45, 2.75) is 33.0 Å². The van der Waals surface area contributed by atoms with Crippen LogP contribution in [-0.2, 0) is 22.6 Å². The highest BCUT2D eigenvalue weighted by molar-refractivity contribution is 7.13. The van der Waals surface area contributed by atoms with Gasteiger partial charge in [0.15, 0.2) is 6.10 Å². The summed E-state index contributed by atoms with van der Waals surface area (Å²) < 4.78 is 10.9. The Morgan fingerprint density at radius 1 is 1.18 bits per heavy atom. The molecule has 0 unspecified atom stereocenters. The number of aromatic nitrogens is 1. The zero-order valence-electron chi connectivity index (χ0n) is 15.7. The standard InChI is InChI=1S/C22H20N2O3S/c1-3-16-4-8-18(9-5-16)21-24-19(14-28-21)13-26-22(25)15(2)27-20-10-6-17(12-23)7-11-20/h4-11,14-15H,3,13H2,1-2H3/t15-/m0/s1. The Bertz CT molecular complexity index is 972. The summed E-state index contributed by atoms with van der Waals surface area (Å²) in [6.45, 7) is 3.85. The van der Waals surface area contributed by atoms with Gasteiger partial charge in [-0.05, 0) is 43.2 Å². The third-order valence-electron chi connectivity index (χ3n) is 4.15. The molecule has 0 aliphatic heterocycles. The number of benzene rings is 2. The number of nitriles is 1. The molecule has 0 aliphatic rings. The van der Waals surface area contributed by atoms with Crippen LogP contribution in [0.15, 0.2) is 53.9 Å². The van der Waals surface area contributed by atoms with Gasteiger partial charge >= 0.3 is 5.97 Å². The van der Waals surface area contributed by atoms with E-state index in [2.05, 4.69) is 36.2 Å². The molecule has 6 heteroatoms. The molecule has 3 aromatic rings. The quantitative estimate of drug-likeness (QED) is 0.542. The van der Waals surface area contributed by atoms with Gasteiger partial charge in [0, 0.05) is 10.9 Å². The Labute approximate surface area is 168 Å². The zero-order valence-corrected chi connectivity index (χ0v) is 16.5. The second-order valence-electron chi connectivity index (χ2n) is 6.20. The van der Waals surface area contributed by atoms with Crippen LogP contribution < -0.4 is 4.74 Å². The van der Waals surface area contributed by atoms with Crippen LogP contribution in [0.4, 0.5) is 0 Å². The van der Waals surface area contributed by atoms with E-state index in [0.717, 1.165) is 17.0 Å². The van der Waals surface area contributed by atoms with Crippen molar-refractivity contribution in [3.63, 3.8) is 0 Å². The molecule has 0 saturated heterocycles. The third kappa shape index (κ3) is 4.96. The van der Waals surface area contributed by atoms with E-state index in [-0.39, 0.29) is 6.61 Å². The van der Waals surface area contributed by atoms with Gasteiger partial charge in [-0.3, -0.25) is 0 Å². The van der Waals surface area contributed by atoms with Gasteiger partial charge in [0.1, 0.15) is 17.4 Å². The molecule has 0 bridgehead atoms. The van der Waals surface area contributed by atoms with Crippen LogP contribution in [0.25, 0.3) is 10.6 Å². The molecule has 142 valence electrons. The number of carbonyl (C=O) groups is 1. The number of hydrogen-bond donors (Lipinski definition) is 0. The van der Waals surface area contributed by atoms with Gasteiger partial charge in [0.25, 0.3) is 0 Å². The van der Waals surface area contributed by atoms with E-state index in [0.29, 0.717) is 17.0 Å². The van der Waals surface area contributed by atoms with Crippen LogP contribution in [0.3, 0.4) is 0 Å². The van der Waals surface area contributed by atoms with E-state index in [1.165, 1.54) is 16.9 Å². The van der Waals surface area contributed by atoms with Crippen LogP contribution in [0, 0.1) is 11.3 Å². The first kappa shape index (κ1) is 19.6. The zero-order chi connectivity index (χ0) is 19.9. The largest absolute Gasteiger partial charge is 0.479 e. The molecule has 0 saturated carbocycles. The fraction of sp³-hybridized carbons (Fsp3) is 0.227. The van der Waals surface area contributed by atoms with Crippen LogP contribution in [0.5, 0.6) is 5.75 Å². The van der Waals surface area contributed by atoms with Gasteiger partial charge in [-0.1, -0.05) is 31.2 Å². The SMILES string of the molecule is CCc1ccc(-c2nc(COC(=O)[C@H](C)Oc3ccc(C#N)cc3)cs2)cc1. The Kier molecular flexibility index (Phi) is 6.41. The minimum atomic E-state index is -0.757. The normalized spacial score (nSPS) is 11.5. The number of aryl methyl sites for hydroxylation is 1. The molecule has 0 amide bonds. The van der Waals surface area contributed by atoms with E-state index in [1.54, 1.807) is 31.2 Å². The monoisotopic (exact) mass is 392 g/mol. The first-order chi connectivity index (χ1) is 13.6. The van der Waals surface area contributed by atoms with E-state index >= 15 is 0 Å². The highest BCUT2D eigenvalue weighted by Crippen LogP contribution is 2.24. The molecule has 0 fully saturated rings. The summed E-state index contributed by atoms with van der Waals surface area (Å²) in [5, 5.41) is 11.6. The molecule has 1 atom stereocenters. The second kappa shape index (κ2) is 9.16. The van der Waals surface area contributed by atoms with Crippen LogP contribution >= 0.6 is 11.3 Å². The molecular formula is C22H20N2O3S. The van der Waals surface area contributed by atoms with E-state index in [1.807, 2.05) is 11.4 Å². The summed E-state index contributed by atoms with van der Waals surface area (Å²) >= 11 is 1.52. The molecule has 5 nitrogen and oxygen atoms in total. The molecule has 1 aromatic heterocycles. The van der Waals surface area contributed by atoms with Crippen molar-refractivity contribution in [1.82, 2.24) is 4.98 Å². The Morgan fingerprint density at radius 2 is 1.89 bits per heavy atom. The number of carbonyl (C=O) groups excluding carboxylic acids is 1. The average molecular weight is 392 g/mol. The van der Waals surface area contributed by atoms with Gasteiger partial charge < -0.3 is 9.47 Å². The predicted octanol–water partition coefficient (Wildman–Crippen LogP) is 4.75. The molecular weight excluding hydrogens is 372 g/mol. The molecule has 2 aromatic carbocycles. The van der Waals surface area contributed by atoms with Crippen molar-refractivity contribution in [1.29, 1.82) is 5.26 Å². The summed E-state index contributed by atoms with van der Waals surface area (Å²) in [5.41, 5.74) is 3.58. The Hall–Kier alpha value is -3.17. The van der Waals surface area contributed by atoms with Gasteiger partial charge in [-0.15, -0.1) is 11.3 Å². The first-order valence-corrected chi connectivity index (χ1v) is 9.84. The van der Waals surface area contributed by atoms with Crippen LogP contribution in [0.1, 0.15) is 30.7 Å². The smallest absolute Gasteiger partial charge is 0.347 e. The van der Waals surface area contributed by atoms with Crippen molar-refractivity contribution in [2.24, 2.45) is 0 Å². The van der Waals surface area contributed by atoms with Crippen molar-refractivity contribution in [3.05, 3.63) is 70.7 Å². The Morgan fingerprint density at radius 3 is 2.54 bits per heavy atom. The summed E-state index contributed by atoms with van der Waals surface area (Å²) in [6.07, 6.45) is 0.245. The fourth-order valence-electron chi connectivity index (χ4n) is 2.51. The topological polar surface area (TPSA) is 72.2 Å². The lowest BCUT2D eigenvalue weighted by Gasteiger charge is -2.13. The summed E-state index contributed by atoms with van der Waals surface area (Å²) in [6, 6.07) is 16.9. The number of rotatable bonds is 7. The fourth-order valence-corrected chi connectivity index (χ4v) is 3.32. The van der Waals surface area contributed by atoms with Gasteiger partial charge in [-0.2, -0.15) is 5.26 Å². The lowest BCUT2D eigenvalue weighted by atomic mass is 10.1. The molecule has 0 N–H and O–H groups in total. The minimum Gasteiger partial charge on any atom is -0.479 e. The lowest BCUT2D eigenvalue weighted by molar-refractivity contribution is -0.152. The van der Waals surface area contributed by atoms with Gasteiger partial charge in [0.05, 0.1) is 17.3 Å². The number of hydrogen-bond acceptors (Lipinski definition) is 6. The summed E-state index contributed by atoms with van der Waals surface area (Å²) in [5.74, 6) is 0.0427. The average Bonchev–Trinajstić information content (AvgIpc) is 3.21. The molecule has 0 spiro atoms. The number of ether oxygens (including phenoxy) is 2. The lowest BCUT2D eigenvalue weighted by Crippen LogP contribution is -2.26. The minimum absolute atomic E-state index is 0.101. The van der Waals surface area contributed by atoms with Crippen molar-refractivity contribution >= 4 is 17.3 Å². The number of nitrogens with zero attached hydrogens (tertiary/aromatic N) is 2.